The average Bonchev–Trinajstić information content (AvgIpc) is 2.91. The van der Waals surface area contributed by atoms with Crippen molar-refractivity contribution >= 4 is 39.0 Å². The first-order chi connectivity index (χ1) is 19.4. The third kappa shape index (κ3) is 5.76. The number of sulfonamides is 1. The summed E-state index contributed by atoms with van der Waals surface area (Å²) in [6.07, 6.45) is -5.79. The van der Waals surface area contributed by atoms with Crippen LogP contribution < -0.4 is 18.7 Å². The molecule has 218 valence electrons. The fourth-order valence-corrected chi connectivity index (χ4v) is 6.88. The van der Waals surface area contributed by atoms with Crippen molar-refractivity contribution in [2.24, 2.45) is 0 Å². The predicted molar refractivity (Wildman–Crippen MR) is 147 cm³/mol. The second-order valence-corrected chi connectivity index (χ2v) is 12.1. The van der Waals surface area contributed by atoms with Crippen LogP contribution in [0.25, 0.3) is 0 Å². The Kier molecular flexibility index (Phi) is 7.73. The molecule has 1 atom stereocenters. The maximum absolute atomic E-state index is 13.8. The van der Waals surface area contributed by atoms with Gasteiger partial charge < -0.3 is 19.5 Å². The summed E-state index contributed by atoms with van der Waals surface area (Å²) in [6, 6.07) is 14.0. The summed E-state index contributed by atoms with van der Waals surface area (Å²) in [5, 5.41) is 9.66. The van der Waals surface area contributed by atoms with Crippen LogP contribution in [0.5, 0.6) is 11.5 Å². The van der Waals surface area contributed by atoms with Gasteiger partial charge in [-0.25, -0.2) is 8.42 Å². The van der Waals surface area contributed by atoms with Gasteiger partial charge in [0, 0.05) is 25.4 Å². The number of alkyl halides is 3. The number of carboxylic acids is 1. The van der Waals surface area contributed by atoms with Crippen molar-refractivity contribution in [2.75, 3.05) is 35.9 Å². The molecule has 2 heterocycles. The molecule has 13 heteroatoms. The first kappa shape index (κ1) is 28.9. The highest BCUT2D eigenvalue weighted by molar-refractivity contribution is 7.92. The Morgan fingerprint density at radius 3 is 2.51 bits per heavy atom. The fraction of sp³-hybridized carbons (Fsp3) is 0.321. The van der Waals surface area contributed by atoms with Gasteiger partial charge in [-0.05, 0) is 54.4 Å². The molecular formula is C28H26ClF3N2O6S. The molecule has 1 saturated heterocycles. The lowest BCUT2D eigenvalue weighted by Crippen LogP contribution is -2.46. The van der Waals surface area contributed by atoms with Crippen LogP contribution in [0.1, 0.15) is 29.9 Å². The molecule has 2 aliphatic rings. The number of carbonyl (C=O) groups is 1. The van der Waals surface area contributed by atoms with Gasteiger partial charge in [0.1, 0.15) is 17.6 Å². The SMILES string of the molecule is COc1cccc(Cl)c1N1CC(c2ccc3c(c2)N(S(=O)(=O)c2cccc(C(F)(F)F)c2)C[C@H](CCC(=O)O)O3)C1. The van der Waals surface area contributed by atoms with Gasteiger partial charge in [-0.1, -0.05) is 29.8 Å². The Labute approximate surface area is 239 Å². The van der Waals surface area contributed by atoms with Crippen molar-refractivity contribution in [3.8, 4) is 11.5 Å². The summed E-state index contributed by atoms with van der Waals surface area (Å²) in [6.45, 7) is 0.888. The molecule has 41 heavy (non-hydrogen) atoms. The highest BCUT2D eigenvalue weighted by Crippen LogP contribution is 2.45. The number of ether oxygens (including phenoxy) is 2. The number of fused-ring (bicyclic) bond motifs is 1. The Bertz CT molecular complexity index is 1580. The number of hydrogen-bond acceptors (Lipinski definition) is 6. The molecule has 3 aromatic carbocycles. The number of para-hydroxylation sites is 1. The monoisotopic (exact) mass is 610 g/mol. The van der Waals surface area contributed by atoms with E-state index in [9.17, 15) is 26.4 Å². The minimum atomic E-state index is -4.73. The summed E-state index contributed by atoms with van der Waals surface area (Å²) in [5.74, 6) is -0.244. The van der Waals surface area contributed by atoms with Crippen LogP contribution in [0.2, 0.25) is 5.02 Å². The molecule has 5 rings (SSSR count). The quantitative estimate of drug-likeness (QED) is 0.345. The number of hydrogen-bond donors (Lipinski definition) is 1. The number of rotatable bonds is 8. The topological polar surface area (TPSA) is 96.4 Å². The van der Waals surface area contributed by atoms with Crippen molar-refractivity contribution in [2.45, 2.75) is 35.9 Å². The number of methoxy groups -OCH3 is 1. The molecule has 1 N–H and O–H groups in total. The minimum Gasteiger partial charge on any atom is -0.495 e. The summed E-state index contributed by atoms with van der Waals surface area (Å²) < 4.78 is 80.1. The normalized spacial score (nSPS) is 17.4. The van der Waals surface area contributed by atoms with Gasteiger partial charge >= 0.3 is 12.1 Å². The van der Waals surface area contributed by atoms with Crippen LogP contribution in [0.15, 0.2) is 65.6 Å². The largest absolute Gasteiger partial charge is 0.495 e. The molecular weight excluding hydrogens is 585 g/mol. The van der Waals surface area contributed by atoms with Gasteiger partial charge in [0.25, 0.3) is 10.0 Å². The summed E-state index contributed by atoms with van der Waals surface area (Å²) in [4.78, 5) is 12.7. The molecule has 0 bridgehead atoms. The van der Waals surface area contributed by atoms with E-state index in [1.54, 1.807) is 37.4 Å². The smallest absolute Gasteiger partial charge is 0.416 e. The second-order valence-electron chi connectivity index (χ2n) is 9.85. The molecule has 0 aliphatic carbocycles. The zero-order valence-corrected chi connectivity index (χ0v) is 23.3. The molecule has 0 saturated carbocycles. The van der Waals surface area contributed by atoms with Gasteiger partial charge in [-0.15, -0.1) is 0 Å². The first-order valence-corrected chi connectivity index (χ1v) is 14.5. The van der Waals surface area contributed by atoms with Crippen molar-refractivity contribution in [3.05, 3.63) is 76.8 Å². The predicted octanol–water partition coefficient (Wildman–Crippen LogP) is 5.79. The van der Waals surface area contributed by atoms with E-state index in [1.807, 2.05) is 11.0 Å². The van der Waals surface area contributed by atoms with E-state index >= 15 is 0 Å². The number of anilines is 2. The molecule has 1 fully saturated rings. The zero-order chi connectivity index (χ0) is 29.5. The molecule has 2 aliphatic heterocycles. The van der Waals surface area contributed by atoms with Crippen molar-refractivity contribution < 1.29 is 41.0 Å². The van der Waals surface area contributed by atoms with E-state index in [-0.39, 0.29) is 36.7 Å². The average molecular weight is 611 g/mol. The Morgan fingerprint density at radius 1 is 1.10 bits per heavy atom. The Morgan fingerprint density at radius 2 is 1.83 bits per heavy atom. The fourth-order valence-electron chi connectivity index (χ4n) is 5.04. The Hall–Kier alpha value is -3.64. The molecule has 0 amide bonds. The maximum Gasteiger partial charge on any atom is 0.416 e. The maximum atomic E-state index is 13.8. The summed E-state index contributed by atoms with van der Waals surface area (Å²) in [7, 11) is -2.91. The molecule has 0 aromatic heterocycles. The summed E-state index contributed by atoms with van der Waals surface area (Å²) in [5.41, 5.74) is 0.653. The molecule has 3 aromatic rings. The van der Waals surface area contributed by atoms with Gasteiger partial charge in [-0.3, -0.25) is 9.10 Å². The molecule has 0 spiro atoms. The van der Waals surface area contributed by atoms with Gasteiger partial charge in [-0.2, -0.15) is 13.2 Å². The molecule has 0 radical (unpaired) electrons. The van der Waals surface area contributed by atoms with E-state index in [1.165, 1.54) is 0 Å². The van der Waals surface area contributed by atoms with Crippen molar-refractivity contribution in [3.63, 3.8) is 0 Å². The van der Waals surface area contributed by atoms with Crippen LogP contribution in [0, 0.1) is 0 Å². The van der Waals surface area contributed by atoms with E-state index in [2.05, 4.69) is 0 Å². The first-order valence-electron chi connectivity index (χ1n) is 12.7. The molecule has 8 nitrogen and oxygen atoms in total. The van der Waals surface area contributed by atoms with Crippen LogP contribution in [0.4, 0.5) is 24.5 Å². The summed E-state index contributed by atoms with van der Waals surface area (Å²) >= 11 is 6.41. The third-order valence-corrected chi connectivity index (χ3v) is 9.26. The van der Waals surface area contributed by atoms with E-state index < -0.39 is 38.7 Å². The highest BCUT2D eigenvalue weighted by Gasteiger charge is 2.38. The van der Waals surface area contributed by atoms with E-state index in [4.69, 9.17) is 26.2 Å². The number of benzene rings is 3. The lowest BCUT2D eigenvalue weighted by Gasteiger charge is -2.43. The Balaban J connectivity index is 1.47. The van der Waals surface area contributed by atoms with Gasteiger partial charge in [0.05, 0.1) is 40.5 Å². The number of nitrogens with zero attached hydrogens (tertiary/aromatic N) is 2. The number of aliphatic carboxylic acids is 1. The van der Waals surface area contributed by atoms with E-state index in [0.29, 0.717) is 29.9 Å². The number of carboxylic acid groups (broad SMARTS) is 1. The second kappa shape index (κ2) is 11.0. The number of halogens is 4. The standard InChI is InChI=1S/C28H26ClF3N2O6S/c1-39-25-7-3-6-22(29)27(25)33-14-18(15-33)17-8-10-24-23(12-17)34(16-20(40-24)9-11-26(35)36)41(37,38)21-5-2-4-19(13-21)28(30,31)32/h2-8,10,12-13,18,20H,9,11,14-16H2,1H3,(H,35,36)/t20-/m0/s1. The van der Waals surface area contributed by atoms with Crippen LogP contribution in [-0.2, 0) is 21.0 Å². The van der Waals surface area contributed by atoms with Crippen molar-refractivity contribution in [1.29, 1.82) is 0 Å². The lowest BCUT2D eigenvalue weighted by atomic mass is 9.90. The van der Waals surface area contributed by atoms with Gasteiger partial charge in [0.15, 0.2) is 0 Å². The lowest BCUT2D eigenvalue weighted by molar-refractivity contribution is -0.138. The third-order valence-electron chi connectivity index (χ3n) is 7.18. The van der Waals surface area contributed by atoms with Crippen LogP contribution in [0.3, 0.4) is 0 Å². The van der Waals surface area contributed by atoms with Crippen molar-refractivity contribution in [1.82, 2.24) is 0 Å². The minimum absolute atomic E-state index is 0.00382. The van der Waals surface area contributed by atoms with Crippen LogP contribution in [-0.4, -0.2) is 52.3 Å². The van der Waals surface area contributed by atoms with Gasteiger partial charge in [0.2, 0.25) is 0 Å². The highest BCUT2D eigenvalue weighted by atomic mass is 35.5. The molecule has 0 unspecified atom stereocenters. The zero-order valence-electron chi connectivity index (χ0n) is 21.8. The van der Waals surface area contributed by atoms with E-state index in [0.717, 1.165) is 33.8 Å². The van der Waals surface area contributed by atoms with Crippen LogP contribution >= 0.6 is 11.6 Å².